The van der Waals surface area contributed by atoms with Crippen molar-refractivity contribution in [2.45, 2.75) is 4.90 Å². The van der Waals surface area contributed by atoms with Crippen molar-refractivity contribution in [3.05, 3.63) is 95.3 Å². The van der Waals surface area contributed by atoms with Crippen LogP contribution in [0.3, 0.4) is 0 Å². The summed E-state index contributed by atoms with van der Waals surface area (Å²) in [5.41, 5.74) is 0.912. The molecule has 0 saturated carbocycles. The number of hydrogen-bond acceptors (Lipinski definition) is 3. The van der Waals surface area contributed by atoms with Crippen LogP contribution in [0, 0.1) is 5.82 Å². The molecule has 5 nitrogen and oxygen atoms in total. The fourth-order valence-electron chi connectivity index (χ4n) is 2.42. The van der Waals surface area contributed by atoms with Gasteiger partial charge in [0.15, 0.2) is 21.1 Å². The Bertz CT molecular complexity index is 1100. The van der Waals surface area contributed by atoms with Crippen LogP contribution in [0.15, 0.2) is 83.8 Å². The SMILES string of the molecule is O=C(/C=C/c1ccc(Cl)cc1)Nc1cccc([S+](=O)([O-])Nc2ccccc2F)c1. The van der Waals surface area contributed by atoms with Gasteiger partial charge in [0, 0.05) is 22.9 Å². The van der Waals surface area contributed by atoms with Crippen LogP contribution in [0.5, 0.6) is 0 Å². The van der Waals surface area contributed by atoms with Crippen LogP contribution < -0.4 is 10.0 Å². The number of anilines is 2. The zero-order chi connectivity index (χ0) is 20.9. The Morgan fingerprint density at radius 1 is 1.03 bits per heavy atom. The van der Waals surface area contributed by atoms with Crippen molar-refractivity contribution >= 4 is 45.4 Å². The van der Waals surface area contributed by atoms with Gasteiger partial charge in [-0.2, -0.15) is 4.72 Å². The highest BCUT2D eigenvalue weighted by molar-refractivity contribution is 7.99. The van der Waals surface area contributed by atoms with Gasteiger partial charge in [0.1, 0.15) is 5.69 Å². The third-order valence-corrected chi connectivity index (χ3v) is 5.44. The van der Waals surface area contributed by atoms with Crippen LogP contribution in [0.2, 0.25) is 5.02 Å². The second-order valence-corrected chi connectivity index (χ2v) is 8.11. The highest BCUT2D eigenvalue weighted by atomic mass is 35.5. The van der Waals surface area contributed by atoms with E-state index in [9.17, 15) is 17.9 Å². The lowest BCUT2D eigenvalue weighted by Gasteiger charge is -2.17. The number of halogens is 2. The zero-order valence-electron chi connectivity index (χ0n) is 15.0. The van der Waals surface area contributed by atoms with Gasteiger partial charge in [0.25, 0.3) is 0 Å². The molecule has 0 radical (unpaired) electrons. The van der Waals surface area contributed by atoms with Crippen LogP contribution in [0.25, 0.3) is 6.08 Å². The lowest BCUT2D eigenvalue weighted by Crippen LogP contribution is -2.22. The monoisotopic (exact) mass is 430 g/mol. The van der Waals surface area contributed by atoms with Crippen molar-refractivity contribution in [1.82, 2.24) is 0 Å². The highest BCUT2D eigenvalue weighted by Gasteiger charge is 2.22. The standard InChI is InChI=1S/C21H16ClFN2O3S/c22-16-11-8-15(9-12-16)10-13-21(26)24-17-4-3-5-18(14-17)29(27,28)25-20-7-2-1-6-19(20)23/h1-14H,(H2-,24,25,26,27,28)/b13-10+. The first kappa shape index (κ1) is 20.7. The Labute approximate surface area is 173 Å². The number of carbonyl (C=O) groups excluding carboxylic acids is 1. The van der Waals surface area contributed by atoms with Gasteiger partial charge in [-0.3, -0.25) is 4.79 Å². The van der Waals surface area contributed by atoms with Crippen LogP contribution >= 0.6 is 11.6 Å². The fraction of sp³-hybridized carbons (Fsp3) is 0. The molecule has 8 heteroatoms. The molecule has 0 fully saturated rings. The van der Waals surface area contributed by atoms with Gasteiger partial charge in [0.2, 0.25) is 5.91 Å². The van der Waals surface area contributed by atoms with Gasteiger partial charge in [0.05, 0.1) is 0 Å². The van der Waals surface area contributed by atoms with Crippen molar-refractivity contribution in [2.24, 2.45) is 0 Å². The molecule has 2 N–H and O–H groups in total. The molecule has 0 saturated heterocycles. The predicted molar refractivity (Wildman–Crippen MR) is 113 cm³/mol. The summed E-state index contributed by atoms with van der Waals surface area (Å²) in [5, 5.41) is 3.18. The smallest absolute Gasteiger partial charge is 0.248 e. The van der Waals surface area contributed by atoms with E-state index in [0.717, 1.165) is 11.6 Å². The Kier molecular flexibility index (Phi) is 6.43. The van der Waals surface area contributed by atoms with Gasteiger partial charge in [-0.15, -0.1) is 0 Å². The van der Waals surface area contributed by atoms with Crippen LogP contribution in [-0.4, -0.2) is 10.5 Å². The van der Waals surface area contributed by atoms with E-state index in [-0.39, 0.29) is 16.3 Å². The number of amides is 1. The first-order chi connectivity index (χ1) is 13.8. The summed E-state index contributed by atoms with van der Waals surface area (Å²) < 4.78 is 41.0. The molecule has 3 aromatic carbocycles. The Hall–Kier alpha value is -3.00. The van der Waals surface area contributed by atoms with E-state index in [1.807, 2.05) is 0 Å². The average Bonchev–Trinajstić information content (AvgIpc) is 2.69. The van der Waals surface area contributed by atoms with E-state index in [1.165, 1.54) is 42.5 Å². The molecular formula is C21H16ClFN2O3S. The average molecular weight is 431 g/mol. The molecule has 0 aliphatic heterocycles. The molecule has 29 heavy (non-hydrogen) atoms. The minimum Gasteiger partial charge on any atom is -0.588 e. The van der Waals surface area contributed by atoms with Crippen molar-refractivity contribution in [2.75, 3.05) is 10.0 Å². The number of nitrogens with one attached hydrogen (secondary N) is 2. The molecule has 1 unspecified atom stereocenters. The largest absolute Gasteiger partial charge is 0.588 e. The van der Waals surface area contributed by atoms with E-state index in [0.29, 0.717) is 5.02 Å². The van der Waals surface area contributed by atoms with Gasteiger partial charge in [-0.25, -0.2) is 4.39 Å². The topological polar surface area (TPSA) is 81.3 Å². The molecule has 3 aromatic rings. The van der Waals surface area contributed by atoms with Gasteiger partial charge >= 0.3 is 0 Å². The normalized spacial score (nSPS) is 13.1. The maximum atomic E-state index is 13.7. The highest BCUT2D eigenvalue weighted by Crippen LogP contribution is 2.24. The molecule has 0 aliphatic rings. The molecule has 0 aromatic heterocycles. The van der Waals surface area contributed by atoms with E-state index in [2.05, 4.69) is 10.0 Å². The van der Waals surface area contributed by atoms with E-state index in [1.54, 1.807) is 36.4 Å². The number of rotatable bonds is 6. The quantitative estimate of drug-likeness (QED) is 0.419. The summed E-state index contributed by atoms with van der Waals surface area (Å²) >= 11 is 5.81. The summed E-state index contributed by atoms with van der Waals surface area (Å²) in [6.45, 7) is 0. The minimum atomic E-state index is -4.03. The lowest BCUT2D eigenvalue weighted by molar-refractivity contribution is -0.111. The molecule has 1 atom stereocenters. The number of para-hydroxylation sites is 1. The molecule has 0 bridgehead atoms. The summed E-state index contributed by atoms with van der Waals surface area (Å²) in [5.74, 6) is -1.12. The van der Waals surface area contributed by atoms with E-state index >= 15 is 0 Å². The molecule has 0 aliphatic carbocycles. The Balaban J connectivity index is 1.71. The second-order valence-electron chi connectivity index (χ2n) is 5.99. The maximum absolute atomic E-state index is 13.7. The summed E-state index contributed by atoms with van der Waals surface area (Å²) in [6.07, 6.45) is 2.92. The van der Waals surface area contributed by atoms with Crippen LogP contribution in [-0.2, 0) is 19.4 Å². The number of carbonyl (C=O) groups is 1. The van der Waals surface area contributed by atoms with E-state index < -0.39 is 22.1 Å². The molecule has 0 spiro atoms. The predicted octanol–water partition coefficient (Wildman–Crippen LogP) is 5.15. The Morgan fingerprint density at radius 3 is 2.48 bits per heavy atom. The second kappa shape index (κ2) is 9.00. The molecule has 0 heterocycles. The maximum Gasteiger partial charge on any atom is 0.248 e. The molecule has 3 rings (SSSR count). The first-order valence-electron chi connectivity index (χ1n) is 8.45. The van der Waals surface area contributed by atoms with Crippen molar-refractivity contribution in [3.8, 4) is 0 Å². The van der Waals surface area contributed by atoms with Gasteiger partial charge in [-0.05, 0) is 48.0 Å². The molecule has 148 valence electrons. The third kappa shape index (κ3) is 5.74. The third-order valence-electron chi connectivity index (χ3n) is 3.83. The number of benzene rings is 3. The van der Waals surface area contributed by atoms with Gasteiger partial charge in [-0.1, -0.05) is 46.1 Å². The molecule has 1 amide bonds. The van der Waals surface area contributed by atoms with Gasteiger partial charge < -0.3 is 9.87 Å². The number of sulfonamides is 1. The Morgan fingerprint density at radius 2 is 1.76 bits per heavy atom. The van der Waals surface area contributed by atoms with Crippen molar-refractivity contribution < 1.29 is 17.9 Å². The lowest BCUT2D eigenvalue weighted by atomic mass is 10.2. The van der Waals surface area contributed by atoms with Crippen molar-refractivity contribution in [3.63, 3.8) is 0 Å². The van der Waals surface area contributed by atoms with Crippen LogP contribution in [0.1, 0.15) is 5.56 Å². The van der Waals surface area contributed by atoms with Crippen LogP contribution in [0.4, 0.5) is 15.8 Å². The molecular weight excluding hydrogens is 415 g/mol. The van der Waals surface area contributed by atoms with Crippen molar-refractivity contribution in [1.29, 1.82) is 0 Å². The zero-order valence-corrected chi connectivity index (χ0v) is 16.5. The minimum absolute atomic E-state index is 0.111. The summed E-state index contributed by atoms with van der Waals surface area (Å²) in [4.78, 5) is 12.0. The summed E-state index contributed by atoms with van der Waals surface area (Å²) in [7, 11) is -4.03. The fourth-order valence-corrected chi connectivity index (χ4v) is 3.66. The van der Waals surface area contributed by atoms with E-state index in [4.69, 9.17) is 11.6 Å². The first-order valence-corrected chi connectivity index (χ1v) is 10.3. The number of hydrogen-bond donors (Lipinski definition) is 2. The summed E-state index contributed by atoms with van der Waals surface area (Å²) in [6, 6.07) is 18.0.